The van der Waals surface area contributed by atoms with Gasteiger partial charge in [-0.05, 0) is 49.3 Å². The smallest absolute Gasteiger partial charge is 0.322 e. The van der Waals surface area contributed by atoms with Gasteiger partial charge in [0.25, 0.3) is 0 Å². The standard InChI is InChI=1S/C32H43N5O3S.H2/c1-22(2)13-19-37-30(39)28(41-31(37)25-10-6-8-12-27(25)34(3)4)21-29(38)35-17-15-24(16-18-35)36-20-14-23-9-5-7-11-26(23)33-32(36)40;/h5-12,22,24,28,31H,13-21H2,1-4H3,(H,33,40);1H. The van der Waals surface area contributed by atoms with Crippen LogP contribution in [0.2, 0.25) is 0 Å². The monoisotopic (exact) mass is 579 g/mol. The number of rotatable bonds is 8. The zero-order chi connectivity index (χ0) is 29.1. The Morgan fingerprint density at radius 1 is 1.05 bits per heavy atom. The number of carbonyl (C=O) groups is 3. The maximum atomic E-state index is 13.7. The van der Waals surface area contributed by atoms with E-state index in [1.807, 2.05) is 59.1 Å². The minimum atomic E-state index is -0.387. The second-order valence-corrected chi connectivity index (χ2v) is 13.3. The van der Waals surface area contributed by atoms with E-state index in [2.05, 4.69) is 42.3 Å². The molecule has 41 heavy (non-hydrogen) atoms. The number of hydrogen-bond acceptors (Lipinski definition) is 5. The van der Waals surface area contributed by atoms with Crippen LogP contribution in [0.15, 0.2) is 48.5 Å². The van der Waals surface area contributed by atoms with E-state index in [9.17, 15) is 14.4 Å². The van der Waals surface area contributed by atoms with Gasteiger partial charge in [-0.25, -0.2) is 4.79 Å². The summed E-state index contributed by atoms with van der Waals surface area (Å²) < 4.78 is 0. The third kappa shape index (κ3) is 6.50. The molecule has 0 saturated carbocycles. The lowest BCUT2D eigenvalue weighted by Crippen LogP contribution is -2.50. The molecule has 2 unspecified atom stereocenters. The molecule has 4 amide bonds. The highest BCUT2D eigenvalue weighted by molar-refractivity contribution is 8.01. The molecule has 0 aliphatic carbocycles. The number of carbonyl (C=O) groups excluding carboxylic acids is 3. The number of likely N-dealkylation sites (tertiary alicyclic amines) is 1. The Morgan fingerprint density at radius 3 is 2.49 bits per heavy atom. The SMILES string of the molecule is CC(C)CCN1C(=O)C(CC(=O)N2CCC(N3CCc4ccccc4NC3=O)CC2)SC1c1ccccc1N(C)C.[HH]. The van der Waals surface area contributed by atoms with E-state index in [0.717, 1.165) is 48.2 Å². The van der Waals surface area contributed by atoms with Gasteiger partial charge in [-0.1, -0.05) is 50.2 Å². The fourth-order valence-electron chi connectivity index (χ4n) is 6.15. The molecule has 222 valence electrons. The normalized spacial score (nSPS) is 21.6. The Hall–Kier alpha value is -3.20. The van der Waals surface area contributed by atoms with Crippen LogP contribution in [0.4, 0.5) is 16.2 Å². The highest BCUT2D eigenvalue weighted by atomic mass is 32.2. The van der Waals surface area contributed by atoms with Crippen LogP contribution >= 0.6 is 11.8 Å². The van der Waals surface area contributed by atoms with E-state index in [-0.39, 0.29) is 42.4 Å². The van der Waals surface area contributed by atoms with E-state index in [1.165, 1.54) is 0 Å². The molecule has 0 spiro atoms. The summed E-state index contributed by atoms with van der Waals surface area (Å²) >= 11 is 1.62. The zero-order valence-corrected chi connectivity index (χ0v) is 25.5. The quantitative estimate of drug-likeness (QED) is 0.450. The number of para-hydroxylation sites is 2. The van der Waals surface area contributed by atoms with Gasteiger partial charge in [0.05, 0.1) is 5.25 Å². The molecular weight excluding hydrogens is 534 g/mol. The number of nitrogens with zero attached hydrogens (tertiary/aromatic N) is 4. The van der Waals surface area contributed by atoms with Crippen molar-refractivity contribution in [1.29, 1.82) is 0 Å². The Morgan fingerprint density at radius 2 is 1.76 bits per heavy atom. The molecule has 3 aliphatic heterocycles. The molecule has 0 bridgehead atoms. The number of benzene rings is 2. The number of urea groups is 1. The predicted molar refractivity (Wildman–Crippen MR) is 168 cm³/mol. The van der Waals surface area contributed by atoms with Gasteiger partial charge in [0.15, 0.2) is 0 Å². The van der Waals surface area contributed by atoms with Gasteiger partial charge in [-0.2, -0.15) is 0 Å². The maximum Gasteiger partial charge on any atom is 0.322 e. The molecule has 5 rings (SSSR count). The van der Waals surface area contributed by atoms with Crippen LogP contribution in [-0.4, -0.2) is 84.1 Å². The van der Waals surface area contributed by atoms with Crippen LogP contribution in [0.1, 0.15) is 57.5 Å². The number of amides is 4. The Kier molecular flexibility index (Phi) is 9.12. The topological polar surface area (TPSA) is 76.2 Å². The molecule has 3 heterocycles. The number of anilines is 2. The highest BCUT2D eigenvalue weighted by Crippen LogP contribution is 2.47. The number of nitrogens with one attached hydrogen (secondary N) is 1. The lowest BCUT2D eigenvalue weighted by atomic mass is 10.0. The molecule has 2 aromatic carbocycles. The Labute approximate surface area is 249 Å². The van der Waals surface area contributed by atoms with Crippen LogP contribution in [0, 0.1) is 5.92 Å². The van der Waals surface area contributed by atoms with Crippen molar-refractivity contribution in [2.75, 3.05) is 50.5 Å². The number of fused-ring (bicyclic) bond motifs is 1. The van der Waals surface area contributed by atoms with Crippen LogP contribution in [-0.2, 0) is 16.0 Å². The fraction of sp³-hybridized carbons (Fsp3) is 0.531. The van der Waals surface area contributed by atoms with Gasteiger partial charge in [0, 0.05) is 71.1 Å². The summed E-state index contributed by atoms with van der Waals surface area (Å²) in [5.41, 5.74) is 4.26. The van der Waals surface area contributed by atoms with Crippen LogP contribution in [0.5, 0.6) is 0 Å². The van der Waals surface area contributed by atoms with E-state index in [0.29, 0.717) is 32.1 Å². The Bertz CT molecular complexity index is 1270. The zero-order valence-electron chi connectivity index (χ0n) is 24.7. The minimum Gasteiger partial charge on any atom is -0.377 e. The molecule has 0 aromatic heterocycles. The molecule has 2 aromatic rings. The number of piperidine rings is 1. The summed E-state index contributed by atoms with van der Waals surface area (Å²) in [6, 6.07) is 16.3. The predicted octanol–water partition coefficient (Wildman–Crippen LogP) is 5.46. The van der Waals surface area contributed by atoms with Crippen LogP contribution < -0.4 is 10.2 Å². The van der Waals surface area contributed by atoms with Crippen molar-refractivity contribution in [3.8, 4) is 0 Å². The van der Waals surface area contributed by atoms with Crippen molar-refractivity contribution in [3.63, 3.8) is 0 Å². The average Bonchev–Trinajstić information content (AvgIpc) is 3.16. The van der Waals surface area contributed by atoms with Crippen molar-refractivity contribution in [3.05, 3.63) is 59.7 Å². The summed E-state index contributed by atoms with van der Waals surface area (Å²) in [6.07, 6.45) is 3.46. The molecule has 2 atom stereocenters. The van der Waals surface area contributed by atoms with E-state index in [1.54, 1.807) is 11.8 Å². The van der Waals surface area contributed by atoms with Gasteiger partial charge in [0.2, 0.25) is 11.8 Å². The summed E-state index contributed by atoms with van der Waals surface area (Å²) in [4.78, 5) is 48.1. The summed E-state index contributed by atoms with van der Waals surface area (Å²) in [7, 11) is 4.05. The summed E-state index contributed by atoms with van der Waals surface area (Å²) in [5.74, 6) is 0.589. The lowest BCUT2D eigenvalue weighted by molar-refractivity contribution is -0.136. The minimum absolute atomic E-state index is 0. The van der Waals surface area contributed by atoms with Gasteiger partial charge < -0.3 is 24.9 Å². The lowest BCUT2D eigenvalue weighted by Gasteiger charge is -2.38. The van der Waals surface area contributed by atoms with Crippen molar-refractivity contribution in [2.24, 2.45) is 5.92 Å². The molecular formula is C32H45N5O3S. The third-order valence-electron chi connectivity index (χ3n) is 8.53. The molecule has 2 saturated heterocycles. The van der Waals surface area contributed by atoms with Gasteiger partial charge in [0.1, 0.15) is 5.37 Å². The first-order valence-corrected chi connectivity index (χ1v) is 15.8. The average molecular weight is 580 g/mol. The van der Waals surface area contributed by atoms with Gasteiger partial charge >= 0.3 is 6.03 Å². The van der Waals surface area contributed by atoms with Crippen LogP contribution in [0.3, 0.4) is 0 Å². The van der Waals surface area contributed by atoms with E-state index < -0.39 is 0 Å². The molecule has 0 radical (unpaired) electrons. The first-order valence-electron chi connectivity index (χ1n) is 14.9. The highest BCUT2D eigenvalue weighted by Gasteiger charge is 2.43. The second kappa shape index (κ2) is 12.8. The molecule has 3 aliphatic rings. The van der Waals surface area contributed by atoms with Crippen molar-refractivity contribution in [2.45, 2.75) is 62.6 Å². The van der Waals surface area contributed by atoms with Gasteiger partial charge in [-0.15, -0.1) is 11.8 Å². The largest absolute Gasteiger partial charge is 0.377 e. The Balaban J connectivity index is 0.00000405. The van der Waals surface area contributed by atoms with Crippen LogP contribution in [0.25, 0.3) is 0 Å². The maximum absolute atomic E-state index is 13.7. The summed E-state index contributed by atoms with van der Waals surface area (Å²) in [5, 5.41) is 2.58. The van der Waals surface area contributed by atoms with Crippen molar-refractivity contribution < 1.29 is 15.8 Å². The fourth-order valence-corrected chi connectivity index (χ4v) is 7.65. The first kappa shape index (κ1) is 29.3. The number of hydrogen-bond donors (Lipinski definition) is 1. The molecule has 8 nitrogen and oxygen atoms in total. The summed E-state index contributed by atoms with van der Waals surface area (Å²) in [6.45, 7) is 6.93. The van der Waals surface area contributed by atoms with Crippen molar-refractivity contribution >= 4 is 41.0 Å². The van der Waals surface area contributed by atoms with Gasteiger partial charge in [-0.3, -0.25) is 9.59 Å². The van der Waals surface area contributed by atoms with E-state index >= 15 is 0 Å². The third-order valence-corrected chi connectivity index (χ3v) is 9.99. The van der Waals surface area contributed by atoms with Crippen molar-refractivity contribution in [1.82, 2.24) is 14.7 Å². The molecule has 1 N–H and O–H groups in total. The molecule has 2 fully saturated rings. The second-order valence-electron chi connectivity index (χ2n) is 12.0. The number of thioether (sulfide) groups is 1. The molecule has 9 heteroatoms. The first-order chi connectivity index (χ1) is 19.7. The van der Waals surface area contributed by atoms with E-state index in [4.69, 9.17) is 0 Å².